The van der Waals surface area contributed by atoms with Gasteiger partial charge in [0.25, 0.3) is 11.6 Å². The van der Waals surface area contributed by atoms with E-state index in [-0.39, 0.29) is 28.9 Å². The molecule has 2 N–H and O–H groups in total. The second-order valence-corrected chi connectivity index (χ2v) is 6.03. The highest BCUT2D eigenvalue weighted by molar-refractivity contribution is 7.80. The van der Waals surface area contributed by atoms with Crippen LogP contribution in [-0.2, 0) is 12.4 Å². The third-order valence-electron chi connectivity index (χ3n) is 3.55. The molecule has 0 atom stereocenters. The van der Waals surface area contributed by atoms with Crippen molar-refractivity contribution in [1.29, 1.82) is 0 Å². The number of non-ortho nitro benzene ring substituents is 1. The van der Waals surface area contributed by atoms with E-state index in [0.29, 0.717) is 0 Å². The van der Waals surface area contributed by atoms with Crippen molar-refractivity contribution < 1.29 is 41.3 Å². The molecule has 0 unspecified atom stereocenters. The van der Waals surface area contributed by atoms with Crippen LogP contribution in [0, 0.1) is 10.1 Å². The van der Waals surface area contributed by atoms with Gasteiger partial charge in [0.05, 0.1) is 21.7 Å². The van der Waals surface area contributed by atoms with Crippen molar-refractivity contribution in [1.82, 2.24) is 5.32 Å². The van der Waals surface area contributed by atoms with Gasteiger partial charge in [0.2, 0.25) is 5.11 Å². The largest absolute Gasteiger partial charge is 0.416 e. The normalized spacial score (nSPS) is 11.7. The molecule has 14 heteroatoms. The number of carbonyl (C=O) groups excluding carboxylic acids is 1. The first-order chi connectivity index (χ1) is 13.7. The second kappa shape index (κ2) is 8.23. The van der Waals surface area contributed by atoms with E-state index in [9.17, 15) is 46.5 Å². The first-order valence-corrected chi connectivity index (χ1v) is 7.99. The number of hydroxylamine groups is 1. The summed E-state index contributed by atoms with van der Waals surface area (Å²) in [5.74, 6) is -1.47. The van der Waals surface area contributed by atoms with E-state index in [1.165, 1.54) is 6.07 Å². The van der Waals surface area contributed by atoms with Gasteiger partial charge in [0, 0.05) is 17.7 Å². The lowest BCUT2D eigenvalue weighted by Gasteiger charge is -2.19. The lowest BCUT2D eigenvalue weighted by atomic mass is 10.0. The molecule has 2 aromatic carbocycles. The van der Waals surface area contributed by atoms with Gasteiger partial charge in [-0.05, 0) is 36.5 Å². The molecule has 0 aliphatic rings. The van der Waals surface area contributed by atoms with Gasteiger partial charge in [0.1, 0.15) is 0 Å². The predicted molar refractivity (Wildman–Crippen MR) is 93.9 cm³/mol. The zero-order chi connectivity index (χ0) is 22.9. The van der Waals surface area contributed by atoms with Crippen LogP contribution in [0.3, 0.4) is 0 Å². The Hall–Kier alpha value is -3.26. The minimum absolute atomic E-state index is 0.0957. The average molecular weight is 453 g/mol. The molecular formula is C16H9F6N3O4S. The number of rotatable bonds is 3. The summed E-state index contributed by atoms with van der Waals surface area (Å²) in [6.45, 7) is 0. The van der Waals surface area contributed by atoms with Gasteiger partial charge in [-0.25, -0.2) is 0 Å². The summed E-state index contributed by atoms with van der Waals surface area (Å²) < 4.78 is 77.3. The van der Waals surface area contributed by atoms with Crippen LogP contribution in [0.5, 0.6) is 0 Å². The van der Waals surface area contributed by atoms with Gasteiger partial charge in [0.15, 0.2) is 0 Å². The van der Waals surface area contributed by atoms with Crippen molar-refractivity contribution in [3.05, 3.63) is 69.3 Å². The van der Waals surface area contributed by atoms with Gasteiger partial charge in [-0.3, -0.25) is 25.4 Å². The Morgan fingerprint density at radius 3 is 2.03 bits per heavy atom. The maximum Gasteiger partial charge on any atom is 0.416 e. The Bertz CT molecular complexity index is 977. The van der Waals surface area contributed by atoms with E-state index in [1.807, 2.05) is 0 Å². The number of anilines is 1. The van der Waals surface area contributed by atoms with E-state index in [1.54, 1.807) is 5.32 Å². The molecule has 0 saturated carbocycles. The number of hydrogen-bond donors (Lipinski definition) is 2. The molecule has 7 nitrogen and oxygen atoms in total. The number of thiocarbonyl (C=S) groups is 1. The zero-order valence-electron chi connectivity index (χ0n) is 14.3. The van der Waals surface area contributed by atoms with E-state index in [0.717, 1.165) is 18.2 Å². The summed E-state index contributed by atoms with van der Waals surface area (Å²) >= 11 is 4.69. The molecule has 160 valence electrons. The van der Waals surface area contributed by atoms with Crippen molar-refractivity contribution in [3.63, 3.8) is 0 Å². The lowest BCUT2D eigenvalue weighted by Crippen LogP contribution is -2.41. The summed E-state index contributed by atoms with van der Waals surface area (Å²) in [6.07, 6.45) is -10.3. The molecule has 2 rings (SSSR count). The lowest BCUT2D eigenvalue weighted by molar-refractivity contribution is -0.384. The number of carbonyl (C=O) groups is 1. The topological polar surface area (TPSA) is 95.7 Å². The van der Waals surface area contributed by atoms with Crippen LogP contribution >= 0.6 is 12.2 Å². The Morgan fingerprint density at radius 1 is 1.03 bits per heavy atom. The number of halogens is 6. The number of nitro benzene ring substituents is 1. The fourth-order valence-corrected chi connectivity index (χ4v) is 2.36. The fourth-order valence-electron chi connectivity index (χ4n) is 2.16. The average Bonchev–Trinajstić information content (AvgIpc) is 2.65. The molecule has 30 heavy (non-hydrogen) atoms. The number of amides is 1. The summed E-state index contributed by atoms with van der Waals surface area (Å²) in [5.41, 5.74) is -5.18. The molecule has 0 radical (unpaired) electrons. The molecule has 1 amide bonds. The van der Waals surface area contributed by atoms with E-state index in [4.69, 9.17) is 0 Å². The molecule has 0 fully saturated rings. The summed E-state index contributed by atoms with van der Waals surface area (Å²) in [5, 5.41) is 21.7. The smallest absolute Gasteiger partial charge is 0.297 e. The van der Waals surface area contributed by atoms with Crippen LogP contribution in [-0.4, -0.2) is 21.2 Å². The van der Waals surface area contributed by atoms with E-state index < -0.39 is 50.7 Å². The molecule has 2 aromatic rings. The highest BCUT2D eigenvalue weighted by Gasteiger charge is 2.37. The Morgan fingerprint density at radius 2 is 1.57 bits per heavy atom. The van der Waals surface area contributed by atoms with E-state index >= 15 is 0 Å². The third-order valence-corrected chi connectivity index (χ3v) is 3.82. The van der Waals surface area contributed by atoms with Gasteiger partial charge in [-0.1, -0.05) is 6.07 Å². The Labute approximate surface area is 168 Å². The van der Waals surface area contributed by atoms with Crippen molar-refractivity contribution >= 4 is 34.6 Å². The van der Waals surface area contributed by atoms with Crippen LogP contribution in [0.2, 0.25) is 0 Å². The van der Waals surface area contributed by atoms with Crippen LogP contribution in [0.15, 0.2) is 42.5 Å². The summed E-state index contributed by atoms with van der Waals surface area (Å²) in [4.78, 5) is 22.1. The van der Waals surface area contributed by atoms with Crippen molar-refractivity contribution in [2.75, 3.05) is 5.06 Å². The summed E-state index contributed by atoms with van der Waals surface area (Å²) in [6, 6.07) is 4.48. The quantitative estimate of drug-likeness (QED) is 0.307. The van der Waals surface area contributed by atoms with Crippen LogP contribution in [0.1, 0.15) is 21.5 Å². The standard InChI is InChI=1S/C16H9F6N3O4S/c17-15(18,19)9-4-8(5-10(6-9)16(20,21)22)13(26)23-14(30)24(27)11-2-1-3-12(7-11)25(28)29/h1-7,27H,(H,23,26,30). The molecule has 0 spiro atoms. The number of benzene rings is 2. The number of nitrogens with one attached hydrogen (secondary N) is 1. The monoisotopic (exact) mass is 453 g/mol. The number of nitro groups is 1. The number of hydrogen-bond acceptors (Lipinski definition) is 5. The highest BCUT2D eigenvalue weighted by atomic mass is 32.1. The van der Waals surface area contributed by atoms with Crippen LogP contribution in [0.4, 0.5) is 37.7 Å². The van der Waals surface area contributed by atoms with E-state index in [2.05, 4.69) is 12.2 Å². The predicted octanol–water partition coefficient (Wildman–Crippen LogP) is 4.54. The zero-order valence-corrected chi connectivity index (χ0v) is 15.1. The first-order valence-electron chi connectivity index (χ1n) is 7.58. The van der Waals surface area contributed by atoms with Gasteiger partial charge >= 0.3 is 12.4 Å². The van der Waals surface area contributed by atoms with Crippen LogP contribution < -0.4 is 10.4 Å². The Balaban J connectivity index is 2.31. The number of alkyl halides is 6. The number of nitrogens with zero attached hydrogens (tertiary/aromatic N) is 2. The second-order valence-electron chi connectivity index (χ2n) is 5.64. The first kappa shape index (κ1) is 23.0. The molecule has 0 heterocycles. The molecule has 0 saturated heterocycles. The SMILES string of the molecule is O=C(NC(=S)N(O)c1cccc([N+](=O)[O-])c1)c1cc(C(F)(F)F)cc(C(F)(F)F)c1. The van der Waals surface area contributed by atoms with Gasteiger partial charge in [-0.2, -0.15) is 31.4 Å². The van der Waals surface area contributed by atoms with Crippen molar-refractivity contribution in [2.24, 2.45) is 0 Å². The molecule has 0 aliphatic heterocycles. The van der Waals surface area contributed by atoms with Gasteiger partial charge in [-0.15, -0.1) is 0 Å². The van der Waals surface area contributed by atoms with Crippen LogP contribution in [0.25, 0.3) is 0 Å². The minimum atomic E-state index is -5.16. The highest BCUT2D eigenvalue weighted by Crippen LogP contribution is 2.36. The fraction of sp³-hybridized carbons (Fsp3) is 0.125. The maximum absolute atomic E-state index is 12.9. The van der Waals surface area contributed by atoms with Crippen molar-refractivity contribution in [2.45, 2.75) is 12.4 Å². The molecular weight excluding hydrogens is 444 g/mol. The Kier molecular flexibility index (Phi) is 6.32. The molecule has 0 bridgehead atoms. The third kappa shape index (κ3) is 5.42. The minimum Gasteiger partial charge on any atom is -0.297 e. The van der Waals surface area contributed by atoms with Crippen molar-refractivity contribution in [3.8, 4) is 0 Å². The molecule has 0 aromatic heterocycles. The summed E-state index contributed by atoms with van der Waals surface area (Å²) in [7, 11) is 0. The maximum atomic E-state index is 12.9. The molecule has 0 aliphatic carbocycles. The van der Waals surface area contributed by atoms with Gasteiger partial charge < -0.3 is 0 Å².